The van der Waals surface area contributed by atoms with Crippen LogP contribution >= 0.6 is 0 Å². The van der Waals surface area contributed by atoms with Gasteiger partial charge in [-0.3, -0.25) is 0 Å². The first-order valence-electron chi connectivity index (χ1n) is 9.11. The van der Waals surface area contributed by atoms with Gasteiger partial charge in [0.15, 0.2) is 0 Å². The predicted molar refractivity (Wildman–Crippen MR) is 105 cm³/mol. The summed E-state index contributed by atoms with van der Waals surface area (Å²) in [6, 6.07) is 12.2. The topological polar surface area (TPSA) is 93.3 Å². The van der Waals surface area contributed by atoms with Crippen molar-refractivity contribution in [1.82, 2.24) is 15.3 Å². The van der Waals surface area contributed by atoms with E-state index in [9.17, 15) is 9.59 Å². The number of H-pyrrole nitrogens is 1. The van der Waals surface area contributed by atoms with E-state index in [0.717, 1.165) is 22.2 Å². The lowest BCUT2D eigenvalue weighted by Crippen LogP contribution is -2.44. The quantitative estimate of drug-likeness (QED) is 0.612. The van der Waals surface area contributed by atoms with E-state index in [4.69, 9.17) is 9.47 Å². The molecular weight excluding hydrogens is 358 g/mol. The first kappa shape index (κ1) is 19.4. The van der Waals surface area contributed by atoms with Crippen molar-refractivity contribution in [2.45, 2.75) is 39.0 Å². The lowest BCUT2D eigenvalue weighted by atomic mass is 10.1. The van der Waals surface area contributed by atoms with Crippen LogP contribution in [0.5, 0.6) is 0 Å². The van der Waals surface area contributed by atoms with Crippen LogP contribution in [-0.4, -0.2) is 34.2 Å². The Balaban J connectivity index is 1.69. The molecule has 28 heavy (non-hydrogen) atoms. The number of carbonyl (C=O) groups excluding carboxylic acids is 2. The Kier molecular flexibility index (Phi) is 6.26. The minimum Gasteiger partial charge on any atom is -0.461 e. The number of amides is 1. The van der Waals surface area contributed by atoms with Gasteiger partial charge in [-0.05, 0) is 37.1 Å². The molecule has 1 amide bonds. The highest BCUT2D eigenvalue weighted by Crippen LogP contribution is 2.18. The number of aromatic amines is 1. The summed E-state index contributed by atoms with van der Waals surface area (Å²) in [5.41, 5.74) is 2.44. The largest absolute Gasteiger partial charge is 0.461 e. The van der Waals surface area contributed by atoms with Gasteiger partial charge in [0.1, 0.15) is 18.3 Å². The van der Waals surface area contributed by atoms with E-state index in [1.54, 1.807) is 26.2 Å². The molecule has 3 aromatic rings. The second-order valence-corrected chi connectivity index (χ2v) is 6.66. The first-order chi connectivity index (χ1) is 13.5. The fraction of sp³-hybridized carbons (Fsp3) is 0.286. The van der Waals surface area contributed by atoms with Gasteiger partial charge in [-0.1, -0.05) is 30.3 Å². The molecule has 1 atom stereocenters. The summed E-state index contributed by atoms with van der Waals surface area (Å²) in [4.78, 5) is 32.1. The molecule has 1 unspecified atom stereocenters. The molecule has 0 saturated heterocycles. The Bertz CT molecular complexity index is 937. The van der Waals surface area contributed by atoms with E-state index < -0.39 is 18.1 Å². The monoisotopic (exact) mass is 381 g/mol. The van der Waals surface area contributed by atoms with Gasteiger partial charge in [-0.25, -0.2) is 14.6 Å². The smallest absolute Gasteiger partial charge is 0.408 e. The maximum Gasteiger partial charge on any atom is 0.408 e. The molecule has 146 valence electrons. The zero-order valence-corrected chi connectivity index (χ0v) is 15.8. The summed E-state index contributed by atoms with van der Waals surface area (Å²) in [7, 11) is 0. The van der Waals surface area contributed by atoms with Crippen LogP contribution in [0.15, 0.2) is 54.9 Å². The Morgan fingerprint density at radius 1 is 1.14 bits per heavy atom. The Labute approximate surface area is 163 Å². The molecule has 2 heterocycles. The van der Waals surface area contributed by atoms with Crippen molar-refractivity contribution in [3.05, 3.63) is 66.0 Å². The highest BCUT2D eigenvalue weighted by molar-refractivity contribution is 5.84. The van der Waals surface area contributed by atoms with Gasteiger partial charge < -0.3 is 19.8 Å². The van der Waals surface area contributed by atoms with Crippen molar-refractivity contribution < 1.29 is 19.1 Å². The number of hydrogen-bond donors (Lipinski definition) is 2. The van der Waals surface area contributed by atoms with E-state index in [2.05, 4.69) is 15.3 Å². The highest BCUT2D eigenvalue weighted by atomic mass is 16.6. The molecule has 2 N–H and O–H groups in total. The fourth-order valence-corrected chi connectivity index (χ4v) is 2.82. The lowest BCUT2D eigenvalue weighted by Gasteiger charge is -2.19. The number of alkyl carbamates (subject to hydrolysis) is 1. The zero-order valence-electron chi connectivity index (χ0n) is 15.8. The number of esters is 1. The number of pyridine rings is 1. The average molecular weight is 381 g/mol. The first-order valence-corrected chi connectivity index (χ1v) is 9.11. The minimum atomic E-state index is -0.870. The SMILES string of the molecule is CC(C)OC(=O)C(Cc1c[nH]c2ncccc12)NC(=O)OCc1ccccc1. The van der Waals surface area contributed by atoms with Gasteiger partial charge in [-0.15, -0.1) is 0 Å². The van der Waals surface area contributed by atoms with E-state index >= 15 is 0 Å². The number of nitrogens with one attached hydrogen (secondary N) is 2. The van der Waals surface area contributed by atoms with Crippen LogP contribution in [0.4, 0.5) is 4.79 Å². The third-order valence-electron chi connectivity index (χ3n) is 4.10. The molecule has 3 rings (SSSR count). The van der Waals surface area contributed by atoms with Crippen LogP contribution in [0.2, 0.25) is 0 Å². The van der Waals surface area contributed by atoms with Gasteiger partial charge in [0, 0.05) is 24.2 Å². The summed E-state index contributed by atoms with van der Waals surface area (Å²) in [5, 5.41) is 3.52. The number of benzene rings is 1. The van der Waals surface area contributed by atoms with Crippen LogP contribution < -0.4 is 5.32 Å². The molecule has 7 nitrogen and oxygen atoms in total. The molecule has 0 spiro atoms. The van der Waals surface area contributed by atoms with Crippen LogP contribution in [0.25, 0.3) is 11.0 Å². The standard InChI is InChI=1S/C21H23N3O4/c1-14(2)28-20(25)18(11-16-12-23-19-17(16)9-6-10-22-19)24-21(26)27-13-15-7-4-3-5-8-15/h3-10,12,14,18H,11,13H2,1-2H3,(H,22,23)(H,24,26). The van der Waals surface area contributed by atoms with Gasteiger partial charge in [0.05, 0.1) is 6.10 Å². The lowest BCUT2D eigenvalue weighted by molar-refractivity contribution is -0.149. The molecule has 0 aliphatic carbocycles. The van der Waals surface area contributed by atoms with E-state index in [-0.39, 0.29) is 19.1 Å². The van der Waals surface area contributed by atoms with Crippen molar-refractivity contribution in [2.24, 2.45) is 0 Å². The number of hydrogen-bond acceptors (Lipinski definition) is 5. The minimum absolute atomic E-state index is 0.121. The fourth-order valence-electron chi connectivity index (χ4n) is 2.82. The molecule has 7 heteroatoms. The van der Waals surface area contributed by atoms with Crippen molar-refractivity contribution in [3.8, 4) is 0 Å². The Hall–Kier alpha value is -3.35. The summed E-state index contributed by atoms with van der Waals surface area (Å²) in [5.74, 6) is -0.509. The van der Waals surface area contributed by atoms with Crippen LogP contribution in [0.1, 0.15) is 25.0 Å². The molecule has 0 radical (unpaired) electrons. The molecule has 0 fully saturated rings. The van der Waals surface area contributed by atoms with E-state index in [1.807, 2.05) is 42.5 Å². The van der Waals surface area contributed by atoms with Crippen molar-refractivity contribution in [2.75, 3.05) is 0 Å². The molecule has 0 aliphatic rings. The van der Waals surface area contributed by atoms with Gasteiger partial charge in [0.2, 0.25) is 0 Å². The van der Waals surface area contributed by atoms with Crippen molar-refractivity contribution in [3.63, 3.8) is 0 Å². The Morgan fingerprint density at radius 2 is 1.93 bits per heavy atom. The average Bonchev–Trinajstić information content (AvgIpc) is 3.09. The van der Waals surface area contributed by atoms with Crippen LogP contribution in [-0.2, 0) is 27.3 Å². The molecular formula is C21H23N3O4. The third-order valence-corrected chi connectivity index (χ3v) is 4.10. The number of fused-ring (bicyclic) bond motifs is 1. The highest BCUT2D eigenvalue weighted by Gasteiger charge is 2.25. The van der Waals surface area contributed by atoms with E-state index in [1.165, 1.54) is 0 Å². The summed E-state index contributed by atoms with van der Waals surface area (Å²) in [6.07, 6.45) is 2.77. The number of aromatic nitrogens is 2. The summed E-state index contributed by atoms with van der Waals surface area (Å²) >= 11 is 0. The number of nitrogens with zero attached hydrogens (tertiary/aromatic N) is 1. The molecule has 2 aromatic heterocycles. The molecule has 0 bridgehead atoms. The van der Waals surface area contributed by atoms with Gasteiger partial charge in [0.25, 0.3) is 0 Å². The van der Waals surface area contributed by atoms with Gasteiger partial charge in [-0.2, -0.15) is 0 Å². The molecule has 0 aliphatic heterocycles. The number of ether oxygens (including phenoxy) is 2. The number of carbonyl (C=O) groups is 2. The Morgan fingerprint density at radius 3 is 2.68 bits per heavy atom. The van der Waals surface area contributed by atoms with Crippen LogP contribution in [0, 0.1) is 0 Å². The maximum atomic E-state index is 12.5. The third kappa shape index (κ3) is 5.09. The molecule has 0 saturated carbocycles. The van der Waals surface area contributed by atoms with Gasteiger partial charge >= 0.3 is 12.1 Å². The second kappa shape index (κ2) is 9.03. The maximum absolute atomic E-state index is 12.5. The van der Waals surface area contributed by atoms with Crippen LogP contribution in [0.3, 0.4) is 0 Å². The molecule has 1 aromatic carbocycles. The summed E-state index contributed by atoms with van der Waals surface area (Å²) < 4.78 is 10.5. The van der Waals surface area contributed by atoms with Crippen molar-refractivity contribution in [1.29, 1.82) is 0 Å². The van der Waals surface area contributed by atoms with Crippen molar-refractivity contribution >= 4 is 23.1 Å². The summed E-state index contributed by atoms with van der Waals surface area (Å²) in [6.45, 7) is 3.65. The van der Waals surface area contributed by atoms with E-state index in [0.29, 0.717) is 0 Å². The number of rotatable bonds is 7. The predicted octanol–water partition coefficient (Wildman–Crippen LogP) is 3.35. The second-order valence-electron chi connectivity index (χ2n) is 6.66. The normalized spacial score (nSPS) is 12.0. The zero-order chi connectivity index (χ0) is 19.9.